The predicted molar refractivity (Wildman–Crippen MR) is 512 cm³/mol. The summed E-state index contributed by atoms with van der Waals surface area (Å²) in [6.07, 6.45) is -3.36. The number of aliphatic carboxylic acids is 2. The second-order valence-corrected chi connectivity index (χ2v) is 35.3. The van der Waals surface area contributed by atoms with Crippen LogP contribution in [0.5, 0.6) is 0 Å². The highest BCUT2D eigenvalue weighted by Crippen LogP contribution is 2.18. The summed E-state index contributed by atoms with van der Waals surface area (Å²) in [5, 5.41) is 79.1. The molecule has 0 aromatic heterocycles. The van der Waals surface area contributed by atoms with E-state index in [4.69, 9.17) is 40.1 Å². The minimum atomic E-state index is -2.00. The average Bonchev–Trinajstić information content (AvgIpc) is 0.846. The molecule has 19 amide bonds. The Morgan fingerprint density at radius 2 is 0.624 bits per heavy atom. The fraction of sp³-hybridized carbons (Fsp3) is 0.581. The summed E-state index contributed by atoms with van der Waals surface area (Å²) in [5.74, 6) is -23.8. The summed E-state index contributed by atoms with van der Waals surface area (Å²) in [6.45, 7) is 8.81. The molecular formula is C93H145N23O25. The summed E-state index contributed by atoms with van der Waals surface area (Å²) < 4.78 is 0. The summed E-state index contributed by atoms with van der Waals surface area (Å²) in [4.78, 5) is 288. The van der Waals surface area contributed by atoms with E-state index in [1.807, 2.05) is 0 Å². The molecule has 34 N–H and O–H groups in total. The Labute approximate surface area is 818 Å². The maximum Gasteiger partial charge on any atom is 0.303 e. The van der Waals surface area contributed by atoms with Crippen molar-refractivity contribution in [3.8, 4) is 0 Å². The molecule has 0 aliphatic heterocycles. The molecule has 0 bridgehead atoms. The van der Waals surface area contributed by atoms with Gasteiger partial charge in [-0.1, -0.05) is 139 Å². The SMILES string of the molecule is CC[C@H](C)[C@H](NC(=O)[C@@H](N)Cc1ccccc1)C(=O)N[C@@H](CCC(=O)O)C(=O)N[C@@H](CC(N)=O)C(=O)NCC(=O)N[C@@H](CO)C(=O)N[C@@H](CCC(=O)O)C(=O)N[C@@H](Cc1ccccc1)C(=O)N[C@@H](C)C(=O)N[C@@H](CCC(N)=O)C(=O)N[C@@H](CCCCN)C(=O)N[C@@H](CC(C)C)C(=O)N[C@@H](CC(C)C)C(=O)N[C@@H](CCCCN)C(=O)N[C@@H](CCCCN)C(=O)N[C@@H](Cc1ccccc1)C(=O)N[C@@H](CO)C(N)=O. The molecule has 141 heavy (non-hydrogen) atoms. The Kier molecular flexibility index (Phi) is 56.2. The van der Waals surface area contributed by atoms with Gasteiger partial charge in [0.05, 0.1) is 32.2 Å². The Morgan fingerprint density at radius 1 is 0.312 bits per heavy atom. The normalized spacial score (nSPS) is 14.7. The largest absolute Gasteiger partial charge is 0.481 e. The van der Waals surface area contributed by atoms with Crippen LogP contribution in [0, 0.1) is 17.8 Å². The van der Waals surface area contributed by atoms with E-state index in [-0.39, 0.29) is 95.7 Å². The number of amides is 19. The number of nitrogens with two attached hydrogens (primary N) is 7. The van der Waals surface area contributed by atoms with Crippen LogP contribution in [0.3, 0.4) is 0 Å². The first kappa shape index (κ1) is 121. The van der Waals surface area contributed by atoms with Gasteiger partial charge in [-0.25, -0.2) is 0 Å². The van der Waals surface area contributed by atoms with Crippen LogP contribution in [-0.2, 0) is 120 Å². The van der Waals surface area contributed by atoms with E-state index in [2.05, 4.69) is 85.1 Å². The summed E-state index contributed by atoms with van der Waals surface area (Å²) >= 11 is 0. The summed E-state index contributed by atoms with van der Waals surface area (Å²) in [7, 11) is 0. The molecule has 0 saturated heterocycles. The van der Waals surface area contributed by atoms with Crippen LogP contribution >= 0.6 is 0 Å². The first-order valence-electron chi connectivity index (χ1n) is 47.1. The lowest BCUT2D eigenvalue weighted by Gasteiger charge is -2.29. The highest BCUT2D eigenvalue weighted by molar-refractivity contribution is 6.02. The number of benzene rings is 3. The van der Waals surface area contributed by atoms with Crippen LogP contribution in [0.2, 0.25) is 0 Å². The minimum absolute atomic E-state index is 0.00845. The standard InChI is InChI=1S/C93H145N23O25/c1-8-53(6)77(116-80(128)58(97)44-55-24-12-9-13-25-55)93(141)109-64(35-38-76(124)125)87(135)114-69(47-73(99)120)81(129)101-48-74(121)103-71(50-118)92(140)108-63(34-37-75(122)123)86(134)112-67(45-56-26-14-10-15-27-56)88(136)102-54(7)79(127)104-62(33-36-72(98)119)85(133)106-60(31-19-22-40-95)83(131)110-66(43-52(4)5)90(138)111-65(42-51(2)3)89(137)107-59(30-18-21-39-94)82(130)105-61(32-20-23-41-96)84(132)113-68(46-57-28-16-11-17-29-57)91(139)115-70(49-117)78(100)126/h9-17,24-29,51-54,58-71,77,117-118H,8,18-23,30-50,94-97H2,1-7H3,(H2,98,119)(H2,99,120)(H2,100,126)(H,101,129)(H,102,136)(H,103,121)(H,104,127)(H,105,130)(H,106,133)(H,107,137)(H,108,140)(H,109,141)(H,110,131)(H,111,138)(H,112,134)(H,113,132)(H,114,135)(H,115,139)(H,116,128)(H,122,123)(H,124,125)/t53-,54-,58-,59-,60-,61-,62-,63-,64-,65-,66-,67-,68-,69-,70-,71-,77-/m0/s1. The van der Waals surface area contributed by atoms with Crippen molar-refractivity contribution in [1.82, 2.24) is 85.1 Å². The molecule has 48 heteroatoms. The van der Waals surface area contributed by atoms with E-state index in [1.165, 1.54) is 0 Å². The van der Waals surface area contributed by atoms with Gasteiger partial charge in [0.1, 0.15) is 90.6 Å². The number of unbranched alkanes of at least 4 members (excludes halogenated alkanes) is 3. The molecule has 0 spiro atoms. The zero-order valence-electron chi connectivity index (χ0n) is 80.8. The molecule has 0 aliphatic rings. The van der Waals surface area contributed by atoms with E-state index in [0.29, 0.717) is 48.8 Å². The number of hydrogen-bond acceptors (Lipinski definition) is 27. The fourth-order valence-corrected chi connectivity index (χ4v) is 14.4. The monoisotopic (exact) mass is 1980 g/mol. The van der Waals surface area contributed by atoms with Crippen LogP contribution in [0.1, 0.15) is 187 Å². The molecule has 0 saturated carbocycles. The number of hydrogen-bond donors (Lipinski definition) is 27. The Hall–Kier alpha value is -13.7. The van der Waals surface area contributed by atoms with Crippen molar-refractivity contribution >= 4 is 124 Å². The van der Waals surface area contributed by atoms with Gasteiger partial charge in [-0.05, 0) is 157 Å². The van der Waals surface area contributed by atoms with Gasteiger partial charge < -0.3 is 146 Å². The number of aliphatic hydroxyl groups excluding tert-OH is 2. The lowest BCUT2D eigenvalue weighted by molar-refractivity contribution is -0.139. The molecule has 3 aromatic carbocycles. The molecule has 3 aromatic rings. The first-order valence-corrected chi connectivity index (χ1v) is 47.1. The van der Waals surface area contributed by atoms with Gasteiger partial charge in [0.25, 0.3) is 0 Å². The van der Waals surface area contributed by atoms with Gasteiger partial charge in [0.2, 0.25) is 112 Å². The second kappa shape index (κ2) is 65.3. The maximum atomic E-state index is 14.8. The molecule has 0 aliphatic carbocycles. The number of carboxylic acid groups (broad SMARTS) is 2. The lowest BCUT2D eigenvalue weighted by Crippen LogP contribution is -2.61. The Morgan fingerprint density at radius 3 is 0.972 bits per heavy atom. The number of aliphatic hydroxyl groups is 2. The third-order valence-electron chi connectivity index (χ3n) is 22.4. The zero-order chi connectivity index (χ0) is 106. The quantitative estimate of drug-likeness (QED) is 0.0234. The lowest BCUT2D eigenvalue weighted by atomic mass is 9.96. The third kappa shape index (κ3) is 47.2. The van der Waals surface area contributed by atoms with Crippen molar-refractivity contribution in [3.05, 3.63) is 108 Å². The number of nitrogens with one attached hydrogen (secondary N) is 16. The Bertz CT molecular complexity index is 4620. The fourth-order valence-electron chi connectivity index (χ4n) is 14.4. The summed E-state index contributed by atoms with van der Waals surface area (Å²) in [5.41, 5.74) is 41.8. The molecule has 0 unspecified atom stereocenters. The number of carbonyl (C=O) groups excluding carboxylic acids is 19. The van der Waals surface area contributed by atoms with Crippen molar-refractivity contribution in [2.24, 2.45) is 57.9 Å². The van der Waals surface area contributed by atoms with Crippen LogP contribution in [0.25, 0.3) is 0 Å². The van der Waals surface area contributed by atoms with Crippen molar-refractivity contribution in [2.75, 3.05) is 39.4 Å². The molecule has 0 fully saturated rings. The van der Waals surface area contributed by atoms with Crippen LogP contribution in [0.15, 0.2) is 91.0 Å². The molecule has 3 rings (SSSR count). The number of carboxylic acids is 2. The number of carbonyl (C=O) groups is 21. The zero-order valence-corrected chi connectivity index (χ0v) is 80.8. The van der Waals surface area contributed by atoms with Gasteiger partial charge >= 0.3 is 11.9 Å². The molecule has 782 valence electrons. The second-order valence-electron chi connectivity index (χ2n) is 35.3. The Balaban J connectivity index is 1.90. The molecule has 48 nitrogen and oxygen atoms in total. The van der Waals surface area contributed by atoms with E-state index in [9.17, 15) is 121 Å². The van der Waals surface area contributed by atoms with Gasteiger partial charge in [-0.3, -0.25) is 101 Å². The van der Waals surface area contributed by atoms with Gasteiger partial charge in [0.15, 0.2) is 0 Å². The predicted octanol–water partition coefficient (Wildman–Crippen LogP) is -6.68. The van der Waals surface area contributed by atoms with Crippen LogP contribution < -0.4 is 125 Å². The van der Waals surface area contributed by atoms with E-state index in [0.717, 1.165) is 6.92 Å². The minimum Gasteiger partial charge on any atom is -0.481 e. The molecular weight excluding hydrogens is 1840 g/mol. The van der Waals surface area contributed by atoms with Crippen LogP contribution in [-0.4, -0.2) is 281 Å². The van der Waals surface area contributed by atoms with E-state index < -0.39 is 291 Å². The number of primary amides is 3. The van der Waals surface area contributed by atoms with Crippen molar-refractivity contribution in [3.63, 3.8) is 0 Å². The molecule has 17 atom stereocenters. The maximum absolute atomic E-state index is 14.8. The highest BCUT2D eigenvalue weighted by atomic mass is 16.4. The van der Waals surface area contributed by atoms with Crippen molar-refractivity contribution in [1.29, 1.82) is 0 Å². The smallest absolute Gasteiger partial charge is 0.303 e. The van der Waals surface area contributed by atoms with Gasteiger partial charge in [-0.15, -0.1) is 0 Å². The van der Waals surface area contributed by atoms with E-state index >= 15 is 0 Å². The average molecular weight is 1990 g/mol. The number of rotatable bonds is 70. The van der Waals surface area contributed by atoms with Crippen LogP contribution in [0.4, 0.5) is 0 Å². The topological polar surface area (TPSA) is 814 Å². The third-order valence-corrected chi connectivity index (χ3v) is 22.4. The first-order chi connectivity index (χ1) is 66.8. The van der Waals surface area contributed by atoms with Gasteiger partial charge in [0, 0.05) is 32.1 Å². The van der Waals surface area contributed by atoms with Crippen molar-refractivity contribution < 1.29 is 121 Å². The summed E-state index contributed by atoms with van der Waals surface area (Å²) in [6, 6.07) is 0.00470. The van der Waals surface area contributed by atoms with E-state index in [1.54, 1.807) is 133 Å². The van der Waals surface area contributed by atoms with Gasteiger partial charge in [-0.2, -0.15) is 0 Å². The van der Waals surface area contributed by atoms with Crippen molar-refractivity contribution in [2.45, 2.75) is 286 Å². The molecule has 0 heterocycles. The molecule has 0 radical (unpaired) electrons. The highest BCUT2D eigenvalue weighted by Gasteiger charge is 2.40.